The molecule has 0 amide bonds. The van der Waals surface area contributed by atoms with Gasteiger partial charge in [0.25, 0.3) is 0 Å². The smallest absolute Gasteiger partial charge is 0.0144 e. The number of hydrogen-bond acceptors (Lipinski definition) is 2. The maximum atomic E-state index is 3.83. The second-order valence-electron chi connectivity index (χ2n) is 6.41. The zero-order valence-electron chi connectivity index (χ0n) is 13.2. The lowest BCUT2D eigenvalue weighted by molar-refractivity contribution is 0.213. The summed E-state index contributed by atoms with van der Waals surface area (Å²) in [6, 6.07) is 5.19. The van der Waals surface area contributed by atoms with E-state index in [0.717, 1.165) is 11.8 Å². The van der Waals surface area contributed by atoms with E-state index in [9.17, 15) is 0 Å². The van der Waals surface area contributed by atoms with Gasteiger partial charge in [0.2, 0.25) is 0 Å². The molecule has 1 heterocycles. The Labute approximate surface area is 129 Å². The molecule has 1 N–H and O–H groups in total. The fraction of sp³-hybridized carbons (Fsp3) is 0.778. The Kier molecular flexibility index (Phi) is 7.09. The first-order chi connectivity index (χ1) is 9.83. The molecule has 0 spiro atoms. The van der Waals surface area contributed by atoms with Crippen molar-refractivity contribution >= 4 is 11.3 Å². The predicted octanol–water partition coefficient (Wildman–Crippen LogP) is 5.27. The average Bonchev–Trinajstić information content (AvgIpc) is 2.98. The van der Waals surface area contributed by atoms with Crippen LogP contribution in [0.3, 0.4) is 0 Å². The van der Waals surface area contributed by atoms with Crippen molar-refractivity contribution in [3.8, 4) is 0 Å². The Hall–Kier alpha value is -0.340. The number of rotatable bonds is 8. The molecule has 1 atom stereocenters. The molecular weight excluding hydrogens is 262 g/mol. The lowest BCUT2D eigenvalue weighted by atomic mass is 9.76. The molecule has 1 saturated carbocycles. The first kappa shape index (κ1) is 16.0. The lowest BCUT2D eigenvalue weighted by Crippen LogP contribution is -2.40. The van der Waals surface area contributed by atoms with Crippen LogP contribution in [0.4, 0.5) is 0 Å². The van der Waals surface area contributed by atoms with Gasteiger partial charge in [-0.1, -0.05) is 45.6 Å². The molecule has 0 aromatic carbocycles. The van der Waals surface area contributed by atoms with Gasteiger partial charge in [-0.15, -0.1) is 11.3 Å². The molecule has 1 fully saturated rings. The summed E-state index contributed by atoms with van der Waals surface area (Å²) in [5.41, 5.74) is 0. The minimum atomic E-state index is 0.705. The van der Waals surface area contributed by atoms with Crippen molar-refractivity contribution in [2.45, 2.75) is 71.3 Å². The first-order valence-corrected chi connectivity index (χ1v) is 9.47. The molecule has 0 radical (unpaired) electrons. The fourth-order valence-corrected chi connectivity index (χ4v) is 4.43. The van der Waals surface area contributed by atoms with Crippen LogP contribution in [-0.4, -0.2) is 12.6 Å². The number of thiophene rings is 1. The summed E-state index contributed by atoms with van der Waals surface area (Å²) in [7, 11) is 0. The molecule has 20 heavy (non-hydrogen) atoms. The van der Waals surface area contributed by atoms with E-state index in [-0.39, 0.29) is 0 Å². The van der Waals surface area contributed by atoms with Gasteiger partial charge in [-0.2, -0.15) is 0 Å². The van der Waals surface area contributed by atoms with Crippen molar-refractivity contribution in [3.63, 3.8) is 0 Å². The Bertz CT molecular complexity index is 338. The van der Waals surface area contributed by atoms with Gasteiger partial charge in [-0.3, -0.25) is 0 Å². The zero-order valence-corrected chi connectivity index (χ0v) is 14.1. The molecule has 114 valence electrons. The summed E-state index contributed by atoms with van der Waals surface area (Å²) >= 11 is 1.92. The van der Waals surface area contributed by atoms with E-state index < -0.39 is 0 Å². The average molecular weight is 294 g/mol. The largest absolute Gasteiger partial charge is 0.313 e. The summed E-state index contributed by atoms with van der Waals surface area (Å²) in [5.74, 6) is 1.92. The topological polar surface area (TPSA) is 12.0 Å². The third-order valence-electron chi connectivity index (χ3n) is 4.82. The van der Waals surface area contributed by atoms with Crippen LogP contribution in [-0.2, 0) is 6.42 Å². The van der Waals surface area contributed by atoms with Gasteiger partial charge in [0.05, 0.1) is 0 Å². The van der Waals surface area contributed by atoms with Crippen LogP contribution in [0.5, 0.6) is 0 Å². The SMILES string of the molecule is CCCNC(Cc1cccs1)C1CCC(CCC)CC1. The van der Waals surface area contributed by atoms with Crippen molar-refractivity contribution in [1.82, 2.24) is 5.32 Å². The van der Waals surface area contributed by atoms with Crippen LogP contribution in [0.1, 0.15) is 63.7 Å². The maximum absolute atomic E-state index is 3.83. The lowest BCUT2D eigenvalue weighted by Gasteiger charge is -2.34. The van der Waals surface area contributed by atoms with Crippen LogP contribution < -0.4 is 5.32 Å². The molecule has 0 bridgehead atoms. The van der Waals surface area contributed by atoms with E-state index in [2.05, 4.69) is 36.7 Å². The fourth-order valence-electron chi connectivity index (χ4n) is 3.67. The molecule has 1 aliphatic carbocycles. The van der Waals surface area contributed by atoms with E-state index in [4.69, 9.17) is 0 Å². The van der Waals surface area contributed by atoms with Crippen LogP contribution in [0, 0.1) is 11.8 Å². The standard InChI is InChI=1S/C18H31NS/c1-3-6-15-8-10-16(11-9-15)18(19-12-4-2)14-17-7-5-13-20-17/h5,7,13,15-16,18-19H,3-4,6,8-12,14H2,1-2H3. The molecule has 0 aliphatic heterocycles. The zero-order chi connectivity index (χ0) is 14.2. The van der Waals surface area contributed by atoms with Crippen LogP contribution in [0.2, 0.25) is 0 Å². The van der Waals surface area contributed by atoms with Crippen LogP contribution in [0.15, 0.2) is 17.5 Å². The maximum Gasteiger partial charge on any atom is 0.0144 e. The highest BCUT2D eigenvalue weighted by atomic mass is 32.1. The molecule has 2 rings (SSSR count). The molecule has 1 aromatic rings. The number of nitrogens with one attached hydrogen (secondary N) is 1. The highest BCUT2D eigenvalue weighted by Gasteiger charge is 2.27. The Morgan fingerprint density at radius 3 is 2.60 bits per heavy atom. The van der Waals surface area contributed by atoms with Crippen molar-refractivity contribution < 1.29 is 0 Å². The molecule has 1 nitrogen and oxygen atoms in total. The normalized spacial score (nSPS) is 24.7. The highest BCUT2D eigenvalue weighted by Crippen LogP contribution is 2.34. The third kappa shape index (κ3) is 4.89. The monoisotopic (exact) mass is 293 g/mol. The number of hydrogen-bond donors (Lipinski definition) is 1. The van der Waals surface area contributed by atoms with Crippen LogP contribution >= 0.6 is 11.3 Å². The molecule has 2 heteroatoms. The van der Waals surface area contributed by atoms with Gasteiger partial charge in [-0.05, 0) is 55.5 Å². The van der Waals surface area contributed by atoms with Gasteiger partial charge in [0.1, 0.15) is 0 Å². The van der Waals surface area contributed by atoms with E-state index in [1.807, 2.05) is 11.3 Å². The quantitative estimate of drug-likeness (QED) is 0.689. The third-order valence-corrected chi connectivity index (χ3v) is 5.71. The minimum Gasteiger partial charge on any atom is -0.313 e. The van der Waals surface area contributed by atoms with Gasteiger partial charge in [0.15, 0.2) is 0 Å². The van der Waals surface area contributed by atoms with E-state index >= 15 is 0 Å². The summed E-state index contributed by atoms with van der Waals surface area (Å²) in [5, 5.41) is 6.04. The molecule has 1 unspecified atom stereocenters. The van der Waals surface area contributed by atoms with E-state index in [0.29, 0.717) is 6.04 Å². The molecule has 1 aromatic heterocycles. The molecule has 0 saturated heterocycles. The summed E-state index contributed by atoms with van der Waals surface area (Å²) in [6.07, 6.45) is 11.1. The van der Waals surface area contributed by atoms with Gasteiger partial charge in [0, 0.05) is 10.9 Å². The first-order valence-electron chi connectivity index (χ1n) is 8.59. The summed E-state index contributed by atoms with van der Waals surface area (Å²) in [6.45, 7) is 5.77. The predicted molar refractivity (Wildman–Crippen MR) is 90.5 cm³/mol. The van der Waals surface area contributed by atoms with E-state index in [1.165, 1.54) is 57.9 Å². The van der Waals surface area contributed by atoms with Crippen molar-refractivity contribution in [2.24, 2.45) is 11.8 Å². The van der Waals surface area contributed by atoms with Gasteiger partial charge >= 0.3 is 0 Å². The molecular formula is C18H31NS. The summed E-state index contributed by atoms with van der Waals surface area (Å²) < 4.78 is 0. The van der Waals surface area contributed by atoms with Crippen LogP contribution in [0.25, 0.3) is 0 Å². The van der Waals surface area contributed by atoms with Crippen molar-refractivity contribution in [3.05, 3.63) is 22.4 Å². The Morgan fingerprint density at radius 1 is 1.20 bits per heavy atom. The second kappa shape index (κ2) is 8.84. The summed E-state index contributed by atoms with van der Waals surface area (Å²) in [4.78, 5) is 1.55. The van der Waals surface area contributed by atoms with Crippen molar-refractivity contribution in [2.75, 3.05) is 6.54 Å². The Morgan fingerprint density at radius 2 is 2.00 bits per heavy atom. The second-order valence-corrected chi connectivity index (χ2v) is 7.45. The van der Waals surface area contributed by atoms with Gasteiger partial charge in [-0.25, -0.2) is 0 Å². The van der Waals surface area contributed by atoms with E-state index in [1.54, 1.807) is 4.88 Å². The molecule has 1 aliphatic rings. The van der Waals surface area contributed by atoms with Crippen molar-refractivity contribution in [1.29, 1.82) is 0 Å². The Balaban J connectivity index is 1.86. The van der Waals surface area contributed by atoms with Gasteiger partial charge < -0.3 is 5.32 Å². The highest BCUT2D eigenvalue weighted by molar-refractivity contribution is 7.09. The minimum absolute atomic E-state index is 0.705.